The third-order valence-corrected chi connectivity index (χ3v) is 4.55. The van der Waals surface area contributed by atoms with Gasteiger partial charge >= 0.3 is 0 Å². The fourth-order valence-corrected chi connectivity index (χ4v) is 2.43. The Morgan fingerprint density at radius 2 is 0.682 bits per heavy atom. The van der Waals surface area contributed by atoms with E-state index in [0.29, 0.717) is 0 Å². The lowest BCUT2D eigenvalue weighted by atomic mass is 9.61. The normalized spacial score (nSPS) is 10.7. The van der Waals surface area contributed by atoms with Crippen molar-refractivity contribution < 1.29 is 0 Å². The van der Waals surface area contributed by atoms with Gasteiger partial charge in [0.2, 0.25) is 0 Å². The van der Waals surface area contributed by atoms with E-state index in [1.807, 2.05) is 27.7 Å². The Bertz CT molecular complexity index is 443. The van der Waals surface area contributed by atoms with E-state index in [-0.39, 0.29) is 10.8 Å². The van der Waals surface area contributed by atoms with Crippen LogP contribution in [0, 0.1) is 0 Å². The van der Waals surface area contributed by atoms with Crippen LogP contribution < -0.4 is 0 Å². The standard InChI is InChI=1S/C18H22.2C2H6/c1-17(2,15-11-7-5-8-12-15)18(3,4)16-13-9-6-10-14-16;2*1-2/h5-14H,1-4H3;2*1-2H3. The zero-order valence-electron chi connectivity index (χ0n) is 15.8. The quantitative estimate of drug-likeness (QED) is 0.572. The molecule has 0 fully saturated rings. The largest absolute Gasteiger partial charge is 0.0683 e. The summed E-state index contributed by atoms with van der Waals surface area (Å²) in [5, 5.41) is 0. The summed E-state index contributed by atoms with van der Waals surface area (Å²) < 4.78 is 0. The summed E-state index contributed by atoms with van der Waals surface area (Å²) in [6.07, 6.45) is 0. The molecule has 122 valence electrons. The second-order valence-corrected chi connectivity index (χ2v) is 5.98. The van der Waals surface area contributed by atoms with Gasteiger partial charge < -0.3 is 0 Å². The highest BCUT2D eigenvalue weighted by atomic mass is 14.4. The van der Waals surface area contributed by atoms with Gasteiger partial charge in [-0.15, -0.1) is 0 Å². The topological polar surface area (TPSA) is 0 Å². The van der Waals surface area contributed by atoms with Crippen molar-refractivity contribution >= 4 is 0 Å². The Labute approximate surface area is 138 Å². The zero-order valence-corrected chi connectivity index (χ0v) is 15.8. The van der Waals surface area contributed by atoms with Crippen molar-refractivity contribution in [1.82, 2.24) is 0 Å². The van der Waals surface area contributed by atoms with Crippen LogP contribution in [0.15, 0.2) is 60.7 Å². The van der Waals surface area contributed by atoms with Gasteiger partial charge in [0.25, 0.3) is 0 Å². The van der Waals surface area contributed by atoms with E-state index in [0.717, 1.165) is 0 Å². The third-order valence-electron chi connectivity index (χ3n) is 4.55. The molecule has 0 aromatic heterocycles. The SMILES string of the molecule is CC.CC.CC(C)(c1ccccc1)C(C)(C)c1ccccc1. The number of hydrogen-bond acceptors (Lipinski definition) is 0. The minimum absolute atomic E-state index is 0.0929. The lowest BCUT2D eigenvalue weighted by Crippen LogP contribution is -2.40. The smallest absolute Gasteiger partial charge is 0.00120 e. The van der Waals surface area contributed by atoms with Crippen molar-refractivity contribution in [2.45, 2.75) is 66.2 Å². The summed E-state index contributed by atoms with van der Waals surface area (Å²) in [6.45, 7) is 17.3. The van der Waals surface area contributed by atoms with E-state index >= 15 is 0 Å². The van der Waals surface area contributed by atoms with Crippen molar-refractivity contribution in [3.05, 3.63) is 71.8 Å². The van der Waals surface area contributed by atoms with E-state index in [9.17, 15) is 0 Å². The fourth-order valence-electron chi connectivity index (χ4n) is 2.43. The Balaban J connectivity index is 0.00000102. The molecule has 0 saturated carbocycles. The summed E-state index contributed by atoms with van der Waals surface area (Å²) in [6, 6.07) is 21.6. The van der Waals surface area contributed by atoms with Crippen molar-refractivity contribution in [2.75, 3.05) is 0 Å². The Kier molecular flexibility index (Phi) is 8.79. The van der Waals surface area contributed by atoms with Crippen LogP contribution in [-0.4, -0.2) is 0 Å². The van der Waals surface area contributed by atoms with Crippen molar-refractivity contribution in [2.24, 2.45) is 0 Å². The maximum Gasteiger partial charge on any atom is -0.00120 e. The van der Waals surface area contributed by atoms with Gasteiger partial charge in [0, 0.05) is 0 Å². The van der Waals surface area contributed by atoms with Crippen molar-refractivity contribution in [3.63, 3.8) is 0 Å². The second-order valence-electron chi connectivity index (χ2n) is 5.98. The lowest BCUT2D eigenvalue weighted by Gasteiger charge is -2.43. The summed E-state index contributed by atoms with van der Waals surface area (Å²) >= 11 is 0. The van der Waals surface area contributed by atoms with E-state index < -0.39 is 0 Å². The van der Waals surface area contributed by atoms with Crippen LogP contribution in [0.4, 0.5) is 0 Å². The zero-order chi connectivity index (χ0) is 17.2. The van der Waals surface area contributed by atoms with Crippen molar-refractivity contribution in [3.8, 4) is 0 Å². The van der Waals surface area contributed by atoms with Crippen LogP contribution in [0.25, 0.3) is 0 Å². The number of rotatable bonds is 3. The van der Waals surface area contributed by atoms with Gasteiger partial charge in [0.05, 0.1) is 0 Å². The Morgan fingerprint density at radius 3 is 0.909 bits per heavy atom. The van der Waals surface area contributed by atoms with Crippen LogP contribution >= 0.6 is 0 Å². The van der Waals surface area contributed by atoms with Gasteiger partial charge in [-0.25, -0.2) is 0 Å². The molecule has 0 nitrogen and oxygen atoms in total. The number of hydrogen-bond donors (Lipinski definition) is 0. The van der Waals surface area contributed by atoms with Gasteiger partial charge in [0.1, 0.15) is 0 Å². The molecule has 0 aliphatic carbocycles. The van der Waals surface area contributed by atoms with E-state index in [2.05, 4.69) is 88.4 Å². The monoisotopic (exact) mass is 298 g/mol. The van der Waals surface area contributed by atoms with E-state index in [1.54, 1.807) is 0 Å². The predicted octanol–water partition coefficient (Wildman–Crippen LogP) is 6.99. The van der Waals surface area contributed by atoms with Gasteiger partial charge in [-0.2, -0.15) is 0 Å². The molecule has 0 spiro atoms. The average Bonchev–Trinajstić information content (AvgIpc) is 2.60. The van der Waals surface area contributed by atoms with Crippen LogP contribution in [0.3, 0.4) is 0 Å². The van der Waals surface area contributed by atoms with Crippen LogP contribution in [0.1, 0.15) is 66.5 Å². The van der Waals surface area contributed by atoms with Crippen LogP contribution in [-0.2, 0) is 10.8 Å². The number of benzene rings is 2. The minimum atomic E-state index is 0.0929. The molecular weight excluding hydrogens is 264 g/mol. The molecule has 2 aromatic rings. The molecule has 0 bridgehead atoms. The molecule has 0 N–H and O–H groups in total. The first-order valence-corrected chi connectivity index (χ1v) is 8.57. The summed E-state index contributed by atoms with van der Waals surface area (Å²) in [7, 11) is 0. The molecule has 0 atom stereocenters. The molecule has 0 heterocycles. The summed E-state index contributed by atoms with van der Waals surface area (Å²) in [5.74, 6) is 0. The highest BCUT2D eigenvalue weighted by Crippen LogP contribution is 2.43. The Morgan fingerprint density at radius 1 is 0.455 bits per heavy atom. The van der Waals surface area contributed by atoms with Gasteiger partial charge in [0.15, 0.2) is 0 Å². The maximum absolute atomic E-state index is 2.33. The fraction of sp³-hybridized carbons (Fsp3) is 0.455. The highest BCUT2D eigenvalue weighted by Gasteiger charge is 2.39. The highest BCUT2D eigenvalue weighted by molar-refractivity contribution is 5.35. The maximum atomic E-state index is 2.33. The van der Waals surface area contributed by atoms with E-state index in [1.165, 1.54) is 11.1 Å². The van der Waals surface area contributed by atoms with Crippen LogP contribution in [0.5, 0.6) is 0 Å². The van der Waals surface area contributed by atoms with Gasteiger partial charge in [-0.05, 0) is 22.0 Å². The molecule has 0 radical (unpaired) electrons. The first kappa shape index (κ1) is 20.4. The molecule has 0 unspecified atom stereocenters. The molecular formula is C22H34. The molecule has 2 aromatic carbocycles. The van der Waals surface area contributed by atoms with Gasteiger partial charge in [-0.3, -0.25) is 0 Å². The molecule has 0 aliphatic heterocycles. The van der Waals surface area contributed by atoms with E-state index in [4.69, 9.17) is 0 Å². The molecule has 0 aliphatic rings. The van der Waals surface area contributed by atoms with Crippen molar-refractivity contribution in [1.29, 1.82) is 0 Å². The van der Waals surface area contributed by atoms with Crippen LogP contribution in [0.2, 0.25) is 0 Å². The molecule has 0 saturated heterocycles. The first-order chi connectivity index (χ1) is 10.5. The third kappa shape index (κ3) is 4.47. The first-order valence-electron chi connectivity index (χ1n) is 8.57. The Hall–Kier alpha value is -1.56. The predicted molar refractivity (Wildman–Crippen MR) is 102 cm³/mol. The molecule has 0 heteroatoms. The van der Waals surface area contributed by atoms with Gasteiger partial charge in [-0.1, -0.05) is 116 Å². The summed E-state index contributed by atoms with van der Waals surface area (Å²) in [5.41, 5.74) is 2.96. The molecule has 2 rings (SSSR count). The second kappa shape index (κ2) is 9.46. The molecule has 22 heavy (non-hydrogen) atoms. The average molecular weight is 299 g/mol. The minimum Gasteiger partial charge on any atom is -0.0683 e. The summed E-state index contributed by atoms with van der Waals surface area (Å²) in [4.78, 5) is 0. The molecule has 0 amide bonds. The lowest BCUT2D eigenvalue weighted by molar-refractivity contribution is 0.303.